The minimum atomic E-state index is -1.22. The van der Waals surface area contributed by atoms with Gasteiger partial charge in [-0.2, -0.15) is 0 Å². The Kier molecular flexibility index (Phi) is 17.6. The second-order valence-electron chi connectivity index (χ2n) is 30.8. The third-order valence-electron chi connectivity index (χ3n) is 24.4. The van der Waals surface area contributed by atoms with Gasteiger partial charge in [0.15, 0.2) is 5.76 Å². The maximum absolute atomic E-state index is 16.1. The van der Waals surface area contributed by atoms with Gasteiger partial charge >= 0.3 is 0 Å². The van der Waals surface area contributed by atoms with Crippen LogP contribution in [0.15, 0.2) is 106 Å². The summed E-state index contributed by atoms with van der Waals surface area (Å²) in [5.74, 6) is -0.527. The van der Waals surface area contributed by atoms with Crippen molar-refractivity contribution in [3.63, 3.8) is 0 Å². The lowest BCUT2D eigenvalue weighted by molar-refractivity contribution is -0.126. The van der Waals surface area contributed by atoms with E-state index < -0.39 is 45.6 Å². The number of Topliss-reactive ketones (excluding diaryl/α,β-unsaturated/α-hetero) is 1. The molecule has 9 N–H and O–H groups in total. The lowest BCUT2D eigenvalue weighted by atomic mass is 9.56. The monoisotopic (exact) mass is 1420 g/mol. The minimum Gasteiger partial charge on any atom is -0.508 e. The van der Waals surface area contributed by atoms with Gasteiger partial charge in [-0.05, 0) is 233 Å². The highest BCUT2D eigenvalue weighted by Crippen LogP contribution is 2.65. The van der Waals surface area contributed by atoms with Crippen molar-refractivity contribution in [3.8, 4) is 51.2 Å². The molecule has 22 bridgehead atoms. The molecule has 520 valence electrons. The molecule has 0 radical (unpaired) electrons. The summed E-state index contributed by atoms with van der Waals surface area (Å²) in [5.41, 5.74) is 11.6. The van der Waals surface area contributed by atoms with Crippen LogP contribution in [-0.2, 0) is 59.2 Å². The number of aromatic hydroxyl groups is 4. The number of carbonyl (C=O) groups excluding carboxylic acids is 1. The van der Waals surface area contributed by atoms with Crippen LogP contribution in [0, 0.1) is 23.7 Å². The number of benzene rings is 7. The van der Waals surface area contributed by atoms with E-state index in [1.807, 2.05) is 12.1 Å². The average molecular weight is 1420 g/mol. The van der Waals surface area contributed by atoms with Gasteiger partial charge < -0.3 is 55.3 Å². The highest BCUT2D eigenvalue weighted by molar-refractivity contribution is 8.77. The van der Waals surface area contributed by atoms with Crippen LogP contribution in [0.1, 0.15) is 180 Å². The molecule has 12 aliphatic heterocycles. The number of aliphatic hydroxyl groups excluding tert-OH is 4. The molecule has 16 aliphatic rings. The molecular weight excluding hydrogens is 1330 g/mol. The van der Waals surface area contributed by atoms with Gasteiger partial charge in [0, 0.05) is 72.0 Å². The predicted molar refractivity (Wildman–Crippen MR) is 401 cm³/mol. The lowest BCUT2D eigenvalue weighted by Crippen LogP contribution is -2.48. The van der Waals surface area contributed by atoms with Crippen molar-refractivity contribution in [3.05, 3.63) is 185 Å². The quantitative estimate of drug-likeness (QED) is 0.0676. The fraction of sp³-hybridized carbons (Fsp3) is 0.446. The number of piperidine rings is 1. The Labute approximate surface area is 598 Å². The number of ether oxygens (including phenoxy) is 1. The number of phenolic OH excluding ortho intramolecular Hbond substituents is 3. The number of aliphatic hydroxyl groups is 4. The highest BCUT2D eigenvalue weighted by Gasteiger charge is 2.56. The van der Waals surface area contributed by atoms with Crippen molar-refractivity contribution in [1.29, 1.82) is 0 Å². The summed E-state index contributed by atoms with van der Waals surface area (Å²) in [6, 6.07) is 30.8. The second kappa shape index (κ2) is 26.4. The van der Waals surface area contributed by atoms with Crippen molar-refractivity contribution in [2.45, 2.75) is 180 Å². The summed E-state index contributed by atoms with van der Waals surface area (Å²) in [7, 11) is 6.69. The molecule has 7 aromatic carbocycles. The Hall–Kier alpha value is -6.38. The average Bonchev–Trinajstić information content (AvgIpc) is 0.726. The first-order valence-corrected chi connectivity index (χ1v) is 41.1. The number of carbonyl (C=O) groups is 1. The van der Waals surface area contributed by atoms with Gasteiger partial charge in [0.1, 0.15) is 45.9 Å². The predicted octanol–water partition coefficient (Wildman–Crippen LogP) is 15.6. The molecule has 3 fully saturated rings. The van der Waals surface area contributed by atoms with Crippen LogP contribution in [0.4, 0.5) is 0 Å². The van der Waals surface area contributed by atoms with E-state index >= 15 is 9.59 Å². The first kappa shape index (κ1) is 66.8. The summed E-state index contributed by atoms with van der Waals surface area (Å²) < 4.78 is 13.2. The van der Waals surface area contributed by atoms with Crippen LogP contribution >= 0.6 is 43.2 Å². The van der Waals surface area contributed by atoms with Crippen LogP contribution in [0.5, 0.6) is 28.7 Å². The van der Waals surface area contributed by atoms with Crippen LogP contribution in [0.3, 0.4) is 0 Å². The van der Waals surface area contributed by atoms with Crippen molar-refractivity contribution in [2.24, 2.45) is 23.7 Å². The number of hydrogen-bond donors (Lipinski definition) is 9. The lowest BCUT2D eigenvalue weighted by Gasteiger charge is -2.49. The molecule has 13 heterocycles. The number of hydrogen-bond acceptors (Lipinski definition) is 17. The number of rotatable bonds is 7. The van der Waals surface area contributed by atoms with Gasteiger partial charge in [0.05, 0.1) is 27.9 Å². The van der Waals surface area contributed by atoms with Gasteiger partial charge in [0.2, 0.25) is 11.2 Å². The molecule has 24 rings (SSSR count). The molecule has 17 heteroatoms. The van der Waals surface area contributed by atoms with E-state index in [-0.39, 0.29) is 124 Å². The maximum atomic E-state index is 16.1. The molecule has 12 atom stereocenters. The summed E-state index contributed by atoms with van der Waals surface area (Å²) in [5, 5.41) is 106. The Balaban J connectivity index is 0.941. The molecule has 0 unspecified atom stereocenters. The molecule has 8 aromatic rings. The molecule has 13 nitrogen and oxygen atoms in total. The Bertz CT molecular complexity index is 4740. The van der Waals surface area contributed by atoms with E-state index in [2.05, 4.69) is 104 Å². The molecule has 2 spiro atoms. The van der Waals surface area contributed by atoms with E-state index in [0.29, 0.717) is 103 Å². The SMILES string of the molecule is CC(C)Cc1cc2c3c(c1O)Cc1cccc(c1)[C@H]1NC[C@@H](Cc4cccc(c4)CC(=O)[C@@]45CCCC[C@H]4C=Cc4cc(c(O)cc45)C[C@]45SSCCC[C@@H](O)[C@@H]6C[C@H](c7c(cc8c9c(ccc4c79)C[C@H](CCCO)[C@@H]8CCO)-c4c(O)cc7oc-2c(O)c(=O)c7c4O6)[C@@H]5O)C[C@H]1SSC3. The van der Waals surface area contributed by atoms with Crippen LogP contribution in [0.25, 0.3) is 50.3 Å². The molecule has 1 saturated carbocycles. The van der Waals surface area contributed by atoms with Crippen LogP contribution < -0.4 is 15.5 Å². The van der Waals surface area contributed by atoms with Crippen molar-refractivity contribution >= 4 is 76.8 Å². The van der Waals surface area contributed by atoms with Crippen molar-refractivity contribution < 1.29 is 54.8 Å². The first-order chi connectivity index (χ1) is 48.5. The zero-order chi connectivity index (χ0) is 68.6. The zero-order valence-electron chi connectivity index (χ0n) is 56.6. The number of allylic oxidation sites excluding steroid dienone is 1. The third kappa shape index (κ3) is 11.0. The Morgan fingerprint density at radius 1 is 0.750 bits per heavy atom. The zero-order valence-corrected chi connectivity index (χ0v) is 59.8. The number of ketones is 1. The summed E-state index contributed by atoms with van der Waals surface area (Å²) in [4.78, 5) is 31.9. The number of nitrogens with one attached hydrogen (secondary N) is 1. The van der Waals surface area contributed by atoms with E-state index in [1.165, 1.54) is 11.6 Å². The third-order valence-corrected chi connectivity index (χ3v) is 30.4. The van der Waals surface area contributed by atoms with Gasteiger partial charge in [0.25, 0.3) is 0 Å². The van der Waals surface area contributed by atoms with E-state index in [9.17, 15) is 40.9 Å². The van der Waals surface area contributed by atoms with E-state index in [1.54, 1.807) is 43.2 Å². The maximum Gasteiger partial charge on any atom is 0.238 e. The van der Waals surface area contributed by atoms with Gasteiger partial charge in [-0.3, -0.25) is 9.59 Å². The minimum absolute atomic E-state index is 0.00192. The largest absolute Gasteiger partial charge is 0.508 e. The second-order valence-corrected chi connectivity index (χ2v) is 36.1. The van der Waals surface area contributed by atoms with Crippen LogP contribution in [0.2, 0.25) is 0 Å². The molecule has 2 saturated heterocycles. The fourth-order valence-corrected chi connectivity index (χ4v) is 26.2. The van der Waals surface area contributed by atoms with Gasteiger partial charge in [-0.25, -0.2) is 0 Å². The molecule has 0 amide bonds. The highest BCUT2D eigenvalue weighted by atomic mass is 33.1. The van der Waals surface area contributed by atoms with Gasteiger partial charge in [-0.15, -0.1) is 0 Å². The van der Waals surface area contributed by atoms with Crippen LogP contribution in [-0.4, -0.2) is 95.7 Å². The molecular formula is C83H87NO12S4. The van der Waals surface area contributed by atoms with E-state index in [4.69, 9.17) is 9.15 Å². The van der Waals surface area contributed by atoms with Crippen molar-refractivity contribution in [1.82, 2.24) is 5.32 Å². The topological polar surface area (TPSA) is 230 Å². The van der Waals surface area contributed by atoms with Crippen molar-refractivity contribution in [2.75, 3.05) is 25.5 Å². The summed E-state index contributed by atoms with van der Waals surface area (Å²) in [6.45, 7) is 4.83. The standard InChI is InChI=1S/C83H87NO12S4/c1-42(2)25-51-34-57-60-41-98-99-68-30-46(40-84-75(68)50-12-6-11-45(28-50)29-56(60)76(51)91)27-43-9-5-10-44(26-43)31-69(90)82-21-4-3-14-53(82)18-16-48-33-52(64(88)37-62(48)82)39-83-61-19-17-49-32-47(13-7-22-85)54(20-23-86)55-35-58-71(73(61)70(49)55)59(81(83)94)36-66(63(87)15-8-24-97-100-83)95-80-72(58)65(89)38-67-74(80)77(92)78(93)79(57)96-67/h5-6,9-12,16-19,26,28,33-35,37-38,42,46-47,53-54,59,63,66,68,75,81,84-89,91,93-94H,3-4,7-8,13-15,20-25,27,29-32,36,39-41H2,1-2H3/t46-,47-,53-,54-,59+,63+,66-,68+,75+,81-,82-,83-/m0/s1. The Morgan fingerprint density at radius 3 is 2.43 bits per heavy atom. The first-order valence-electron chi connectivity index (χ1n) is 36.4. The molecule has 100 heavy (non-hydrogen) atoms. The fourth-order valence-electron chi connectivity index (χ4n) is 19.9. The Morgan fingerprint density at radius 2 is 1.59 bits per heavy atom. The smallest absolute Gasteiger partial charge is 0.238 e. The van der Waals surface area contributed by atoms with Gasteiger partial charge in [-0.1, -0.05) is 143 Å². The number of phenols is 3. The summed E-state index contributed by atoms with van der Waals surface area (Å²) in [6.07, 6.45) is 10.5. The normalized spacial score (nSPS) is 28.1. The number of fused-ring (bicyclic) bond motifs is 3. The molecule has 4 aliphatic carbocycles. The van der Waals surface area contributed by atoms with E-state index in [0.717, 1.165) is 99.5 Å². The summed E-state index contributed by atoms with van der Waals surface area (Å²) >= 11 is 0. The molecule has 1 aromatic heterocycles.